The van der Waals surface area contributed by atoms with Crippen LogP contribution in [-0.2, 0) is 19.2 Å². The maximum Gasteiger partial charge on any atom is 0.327 e. The van der Waals surface area contributed by atoms with Gasteiger partial charge in [-0.05, 0) is 29.8 Å². The number of nitrogens with one attached hydrogen (secondary N) is 2. The quantitative estimate of drug-likeness (QED) is 0.357. The number of thioether (sulfide) groups is 2. The van der Waals surface area contributed by atoms with E-state index in [2.05, 4.69) is 10.6 Å². The summed E-state index contributed by atoms with van der Waals surface area (Å²) < 4.78 is 27.4. The van der Waals surface area contributed by atoms with Gasteiger partial charge in [0.1, 0.15) is 29.5 Å². The first-order valence-corrected chi connectivity index (χ1v) is 12.2. The van der Waals surface area contributed by atoms with Crippen molar-refractivity contribution in [2.24, 2.45) is 0 Å². The molecule has 0 saturated heterocycles. The third kappa shape index (κ3) is 8.34. The van der Waals surface area contributed by atoms with E-state index in [1.54, 1.807) is 0 Å². The highest BCUT2D eigenvalue weighted by Gasteiger charge is 2.26. The molecule has 2 unspecified atom stereocenters. The Morgan fingerprint density at radius 2 is 1.50 bits per heavy atom. The second kappa shape index (κ2) is 13.0. The molecule has 2 atom stereocenters. The summed E-state index contributed by atoms with van der Waals surface area (Å²) in [4.78, 5) is 59.3. The minimum Gasteiger partial charge on any atom is -0.507 e. The van der Waals surface area contributed by atoms with Crippen molar-refractivity contribution < 1.29 is 43.0 Å². The molecule has 36 heavy (non-hydrogen) atoms. The van der Waals surface area contributed by atoms with Crippen LogP contribution in [0.3, 0.4) is 0 Å². The van der Waals surface area contributed by atoms with Crippen LogP contribution in [0.4, 0.5) is 8.78 Å². The summed E-state index contributed by atoms with van der Waals surface area (Å²) in [5, 5.41) is 22.5. The molecule has 0 aliphatic carbocycles. The topological polar surface area (TPSA) is 150 Å². The van der Waals surface area contributed by atoms with Crippen molar-refractivity contribution in [2.75, 3.05) is 11.5 Å². The van der Waals surface area contributed by atoms with Crippen LogP contribution >= 0.6 is 23.5 Å². The van der Waals surface area contributed by atoms with E-state index in [0.29, 0.717) is 29.6 Å². The van der Waals surface area contributed by atoms with E-state index >= 15 is 0 Å². The number of carboxylic acids is 1. The number of rotatable bonds is 10. The van der Waals surface area contributed by atoms with E-state index in [1.165, 1.54) is 24.3 Å². The lowest BCUT2D eigenvalue weighted by molar-refractivity contribution is -0.140. The molecule has 0 aliphatic rings. The van der Waals surface area contributed by atoms with Crippen molar-refractivity contribution in [3.8, 4) is 16.9 Å². The average Bonchev–Trinajstić information content (AvgIpc) is 2.79. The monoisotopic (exact) mass is 540 g/mol. The fraction of sp³-hybridized carbons (Fsp3) is 0.261. The molecule has 2 aromatic carbocycles. The molecule has 0 spiro atoms. The van der Waals surface area contributed by atoms with E-state index in [9.17, 15) is 37.9 Å². The molecule has 2 amide bonds. The van der Waals surface area contributed by atoms with Crippen molar-refractivity contribution in [1.29, 1.82) is 0 Å². The Labute approximate surface area is 213 Å². The normalized spacial score (nSPS) is 12.3. The Hall–Kier alpha value is -3.45. The minimum absolute atomic E-state index is 0.00491. The number of halogens is 2. The second-order valence-corrected chi connectivity index (χ2v) is 9.45. The average molecular weight is 541 g/mol. The fourth-order valence-corrected chi connectivity index (χ4v) is 4.81. The number of aromatic hydroxyl groups is 1. The Morgan fingerprint density at radius 1 is 0.889 bits per heavy atom. The van der Waals surface area contributed by atoms with E-state index in [1.807, 2.05) is 0 Å². The predicted octanol–water partition coefficient (Wildman–Crippen LogP) is 2.56. The maximum absolute atomic E-state index is 14.2. The summed E-state index contributed by atoms with van der Waals surface area (Å²) in [7, 11) is 0. The van der Waals surface area contributed by atoms with Crippen molar-refractivity contribution >= 4 is 51.5 Å². The number of benzene rings is 2. The van der Waals surface area contributed by atoms with E-state index < -0.39 is 57.5 Å². The molecule has 13 heteroatoms. The molecule has 192 valence electrons. The first-order valence-electron chi connectivity index (χ1n) is 10.3. The summed E-state index contributed by atoms with van der Waals surface area (Å²) in [5.41, 5.74) is 0.0155. The Morgan fingerprint density at radius 3 is 2.08 bits per heavy atom. The van der Waals surface area contributed by atoms with Gasteiger partial charge in [-0.25, -0.2) is 13.6 Å². The van der Waals surface area contributed by atoms with Gasteiger partial charge < -0.3 is 20.8 Å². The molecule has 4 N–H and O–H groups in total. The molecular weight excluding hydrogens is 518 g/mol. The van der Waals surface area contributed by atoms with Crippen molar-refractivity contribution in [2.45, 2.75) is 25.9 Å². The van der Waals surface area contributed by atoms with Gasteiger partial charge in [-0.2, -0.15) is 0 Å². The fourth-order valence-electron chi connectivity index (χ4n) is 2.93. The maximum atomic E-state index is 14.2. The lowest BCUT2D eigenvalue weighted by Crippen LogP contribution is -2.44. The smallest absolute Gasteiger partial charge is 0.327 e. The number of amides is 2. The molecule has 2 aromatic rings. The van der Waals surface area contributed by atoms with Crippen LogP contribution in [-0.4, -0.2) is 61.8 Å². The Bertz CT molecular complexity index is 1190. The summed E-state index contributed by atoms with van der Waals surface area (Å²) in [5.74, 6) is -5.13. The van der Waals surface area contributed by atoms with Crippen LogP contribution in [0.1, 0.15) is 24.2 Å². The number of hydrogen-bond donors (Lipinski definition) is 4. The summed E-state index contributed by atoms with van der Waals surface area (Å²) >= 11 is 1.16. The Balaban J connectivity index is 2.14. The van der Waals surface area contributed by atoms with Crippen LogP contribution in [0.2, 0.25) is 0 Å². The van der Waals surface area contributed by atoms with E-state index in [-0.39, 0.29) is 28.2 Å². The predicted molar refractivity (Wildman–Crippen MR) is 131 cm³/mol. The number of aliphatic carboxylic acids is 1. The lowest BCUT2D eigenvalue weighted by Gasteiger charge is -2.17. The second-order valence-electron chi connectivity index (χ2n) is 7.43. The number of hydrogen-bond acceptors (Lipinski definition) is 8. The number of phenolic OH excluding ortho intramolecular Hbond substituents is 1. The van der Waals surface area contributed by atoms with Gasteiger partial charge in [0.2, 0.25) is 22.0 Å². The molecule has 0 radical (unpaired) electrons. The summed E-state index contributed by atoms with van der Waals surface area (Å²) in [6.07, 6.45) is 0. The molecule has 9 nitrogen and oxygen atoms in total. The van der Waals surface area contributed by atoms with Crippen LogP contribution in [0.25, 0.3) is 11.1 Å². The van der Waals surface area contributed by atoms with Crippen LogP contribution in [0, 0.1) is 11.6 Å². The molecule has 0 aromatic heterocycles. The number of carboxylic acid groups (broad SMARTS) is 1. The van der Waals surface area contributed by atoms with Crippen LogP contribution in [0.15, 0.2) is 36.4 Å². The van der Waals surface area contributed by atoms with Gasteiger partial charge in [0, 0.05) is 37.0 Å². The number of carbonyl (C=O) groups excluding carboxylic acids is 4. The third-order valence-corrected chi connectivity index (χ3v) is 6.62. The number of phenols is 1. The standard InChI is InChI=1S/C23H22F2N2O7S2/c1-11(28)26-18(21(31)32)9-36-23(34)19(27-12(2)29)10-35-22(33)16-7-13(3-6-20(16)30)15-5-4-14(24)8-17(15)25/h3-8,18-19,30H,9-10H2,1-2H3,(H,26,28)(H,27,29)(H,31,32). The van der Waals surface area contributed by atoms with Gasteiger partial charge in [-0.1, -0.05) is 29.6 Å². The SMILES string of the molecule is CC(=O)NC(CSC(=O)C(CSC(=O)c1cc(-c2ccc(F)cc2F)ccc1O)NC(C)=O)C(=O)O. The zero-order valence-electron chi connectivity index (χ0n) is 19.0. The third-order valence-electron chi connectivity index (χ3n) is 4.57. The van der Waals surface area contributed by atoms with Crippen molar-refractivity contribution in [1.82, 2.24) is 10.6 Å². The van der Waals surface area contributed by atoms with Gasteiger partial charge >= 0.3 is 5.97 Å². The van der Waals surface area contributed by atoms with Gasteiger partial charge in [0.05, 0.1) is 5.56 Å². The van der Waals surface area contributed by atoms with E-state index in [0.717, 1.165) is 19.9 Å². The van der Waals surface area contributed by atoms with Gasteiger partial charge in [-0.3, -0.25) is 19.2 Å². The molecule has 0 aliphatic heterocycles. The molecule has 0 heterocycles. The lowest BCUT2D eigenvalue weighted by atomic mass is 10.0. The van der Waals surface area contributed by atoms with Crippen molar-refractivity contribution in [3.05, 3.63) is 53.6 Å². The van der Waals surface area contributed by atoms with Crippen molar-refractivity contribution in [3.63, 3.8) is 0 Å². The molecular formula is C23H22F2N2O7S2. The van der Waals surface area contributed by atoms with E-state index in [4.69, 9.17) is 5.11 Å². The zero-order chi connectivity index (χ0) is 27.0. The molecule has 0 fully saturated rings. The van der Waals surface area contributed by atoms with Crippen LogP contribution < -0.4 is 10.6 Å². The Kier molecular flexibility index (Phi) is 10.4. The minimum atomic E-state index is -1.35. The molecule has 0 bridgehead atoms. The van der Waals surface area contributed by atoms with Gasteiger partial charge in [0.15, 0.2) is 0 Å². The first-order chi connectivity index (χ1) is 16.9. The summed E-state index contributed by atoms with van der Waals surface area (Å²) in [6, 6.07) is 4.13. The van der Waals surface area contributed by atoms with Gasteiger partial charge in [0.25, 0.3) is 0 Å². The van der Waals surface area contributed by atoms with Gasteiger partial charge in [-0.15, -0.1) is 0 Å². The molecule has 0 saturated carbocycles. The largest absolute Gasteiger partial charge is 0.507 e. The highest BCUT2D eigenvalue weighted by molar-refractivity contribution is 8.15. The highest BCUT2D eigenvalue weighted by Crippen LogP contribution is 2.31. The molecule has 2 rings (SSSR count). The number of carbonyl (C=O) groups is 5. The summed E-state index contributed by atoms with van der Waals surface area (Å²) in [6.45, 7) is 2.28. The highest BCUT2D eigenvalue weighted by atomic mass is 32.2. The first kappa shape index (κ1) is 28.8. The zero-order valence-corrected chi connectivity index (χ0v) is 20.7. The van der Waals surface area contributed by atoms with Crippen LogP contribution in [0.5, 0.6) is 5.75 Å².